The predicted molar refractivity (Wildman–Crippen MR) is 103 cm³/mol. The number of carboxylic acids is 1. The van der Waals surface area contributed by atoms with E-state index in [2.05, 4.69) is 33.8 Å². The molecule has 148 valence electrons. The molecule has 0 saturated heterocycles. The van der Waals surface area contributed by atoms with Gasteiger partial charge in [-0.2, -0.15) is 0 Å². The van der Waals surface area contributed by atoms with Crippen LogP contribution in [-0.4, -0.2) is 23.1 Å². The number of hydrogen-bond donors (Lipinski definition) is 1. The number of allylic oxidation sites excluding steroid dienone is 2. The molecule has 4 nitrogen and oxygen atoms in total. The minimum Gasteiger partial charge on any atom is -0.481 e. The van der Waals surface area contributed by atoms with Crippen LogP contribution in [0.2, 0.25) is 0 Å². The van der Waals surface area contributed by atoms with E-state index in [9.17, 15) is 9.59 Å². The zero-order valence-electron chi connectivity index (χ0n) is 17.3. The van der Waals surface area contributed by atoms with E-state index in [1.54, 1.807) is 0 Å². The molecule has 5 atom stereocenters. The normalized spacial score (nSPS) is 34.4. The topological polar surface area (TPSA) is 63.6 Å². The van der Waals surface area contributed by atoms with E-state index in [4.69, 9.17) is 9.84 Å². The number of carboxylic acid groups (broad SMARTS) is 1. The second kappa shape index (κ2) is 7.74. The van der Waals surface area contributed by atoms with E-state index in [1.165, 1.54) is 12.5 Å². The summed E-state index contributed by atoms with van der Waals surface area (Å²) in [5.41, 5.74) is 1.63. The Balaban J connectivity index is 2.23. The molecule has 1 saturated carbocycles. The zero-order valence-corrected chi connectivity index (χ0v) is 17.3. The molecule has 0 aromatic carbocycles. The Labute approximate surface area is 158 Å². The third kappa shape index (κ3) is 4.50. The minimum absolute atomic E-state index is 0.0198. The van der Waals surface area contributed by atoms with Crippen LogP contribution in [0.25, 0.3) is 0 Å². The average molecular weight is 365 g/mol. The summed E-state index contributed by atoms with van der Waals surface area (Å²) in [6.07, 6.45) is 7.45. The van der Waals surface area contributed by atoms with E-state index in [0.717, 1.165) is 32.1 Å². The fourth-order valence-electron chi connectivity index (χ4n) is 5.99. The molecule has 1 fully saturated rings. The Kier molecular flexibility index (Phi) is 6.24. The smallest absolute Gasteiger partial charge is 0.303 e. The highest BCUT2D eigenvalue weighted by Crippen LogP contribution is 2.61. The van der Waals surface area contributed by atoms with Crippen LogP contribution in [0.5, 0.6) is 0 Å². The van der Waals surface area contributed by atoms with Gasteiger partial charge in [0.15, 0.2) is 0 Å². The van der Waals surface area contributed by atoms with Crippen molar-refractivity contribution in [2.24, 2.45) is 28.6 Å². The maximum Gasteiger partial charge on any atom is 0.303 e. The first-order valence-electron chi connectivity index (χ1n) is 10.0. The van der Waals surface area contributed by atoms with Crippen molar-refractivity contribution in [3.05, 3.63) is 11.6 Å². The van der Waals surface area contributed by atoms with Crippen LogP contribution in [0.1, 0.15) is 80.1 Å². The number of rotatable bonds is 6. The lowest BCUT2D eigenvalue weighted by atomic mass is 9.47. The third-order valence-electron chi connectivity index (χ3n) is 6.99. The molecule has 0 aromatic heterocycles. The minimum atomic E-state index is -0.716. The van der Waals surface area contributed by atoms with Crippen LogP contribution >= 0.6 is 0 Å². The quantitative estimate of drug-likeness (QED) is 0.518. The molecule has 0 unspecified atom stereocenters. The van der Waals surface area contributed by atoms with Gasteiger partial charge in [-0.15, -0.1) is 0 Å². The maximum atomic E-state index is 11.6. The highest BCUT2D eigenvalue weighted by Gasteiger charge is 2.54. The van der Waals surface area contributed by atoms with Crippen LogP contribution < -0.4 is 0 Å². The van der Waals surface area contributed by atoms with Gasteiger partial charge in [-0.25, -0.2) is 0 Å². The monoisotopic (exact) mass is 364 g/mol. The van der Waals surface area contributed by atoms with Gasteiger partial charge in [-0.05, 0) is 67.6 Å². The van der Waals surface area contributed by atoms with Crippen molar-refractivity contribution in [1.29, 1.82) is 0 Å². The summed E-state index contributed by atoms with van der Waals surface area (Å²) < 4.78 is 5.67. The number of esters is 1. The van der Waals surface area contributed by atoms with Crippen molar-refractivity contribution in [3.8, 4) is 0 Å². The summed E-state index contributed by atoms with van der Waals surface area (Å²) in [6, 6.07) is 0. The summed E-state index contributed by atoms with van der Waals surface area (Å²) in [4.78, 5) is 22.5. The van der Waals surface area contributed by atoms with E-state index < -0.39 is 5.97 Å². The van der Waals surface area contributed by atoms with Gasteiger partial charge in [0, 0.05) is 13.3 Å². The largest absolute Gasteiger partial charge is 0.481 e. The van der Waals surface area contributed by atoms with Crippen molar-refractivity contribution in [2.75, 3.05) is 0 Å². The molecule has 1 N–H and O–H groups in total. The first-order chi connectivity index (χ1) is 12.0. The van der Waals surface area contributed by atoms with Gasteiger partial charge in [0.1, 0.15) is 6.10 Å². The number of fused-ring (bicyclic) bond motifs is 1. The maximum absolute atomic E-state index is 11.6. The van der Waals surface area contributed by atoms with Gasteiger partial charge in [-0.3, -0.25) is 9.59 Å². The van der Waals surface area contributed by atoms with Gasteiger partial charge in [0.2, 0.25) is 0 Å². The van der Waals surface area contributed by atoms with Gasteiger partial charge in [0.05, 0.1) is 0 Å². The van der Waals surface area contributed by atoms with Crippen molar-refractivity contribution >= 4 is 11.9 Å². The summed E-state index contributed by atoms with van der Waals surface area (Å²) >= 11 is 0. The summed E-state index contributed by atoms with van der Waals surface area (Å²) in [5.74, 6) is 0.263. The summed E-state index contributed by atoms with van der Waals surface area (Å²) in [7, 11) is 0. The molecule has 4 heteroatoms. The molecule has 0 spiro atoms. The average Bonchev–Trinajstić information content (AvgIpc) is 2.42. The summed E-state index contributed by atoms with van der Waals surface area (Å²) in [5, 5.41) is 9.04. The zero-order chi connectivity index (χ0) is 19.7. The van der Waals surface area contributed by atoms with E-state index in [-0.39, 0.29) is 35.2 Å². The van der Waals surface area contributed by atoms with Crippen LogP contribution in [0.15, 0.2) is 11.6 Å². The van der Waals surface area contributed by atoms with Gasteiger partial charge < -0.3 is 9.84 Å². The molecule has 26 heavy (non-hydrogen) atoms. The molecular formula is C22H36O4. The van der Waals surface area contributed by atoms with Crippen molar-refractivity contribution in [2.45, 2.75) is 86.2 Å². The SMILES string of the molecule is CC(=O)O[C@@H]1CC(C)(C)[C@@H]2CC=C(C)[C@H](CC[C@H](C)CC(=O)O)[C@@]2(C)C1. The highest BCUT2D eigenvalue weighted by atomic mass is 16.5. The lowest BCUT2D eigenvalue weighted by Crippen LogP contribution is -2.53. The second-order valence-corrected chi connectivity index (χ2v) is 9.70. The Morgan fingerprint density at radius 1 is 1.31 bits per heavy atom. The molecule has 0 radical (unpaired) electrons. The van der Waals surface area contributed by atoms with E-state index in [0.29, 0.717) is 11.8 Å². The van der Waals surface area contributed by atoms with Gasteiger partial charge >= 0.3 is 11.9 Å². The number of hydrogen-bond acceptors (Lipinski definition) is 3. The Morgan fingerprint density at radius 3 is 2.54 bits per heavy atom. The first-order valence-corrected chi connectivity index (χ1v) is 10.0. The van der Waals surface area contributed by atoms with Crippen LogP contribution in [-0.2, 0) is 14.3 Å². The molecule has 0 bridgehead atoms. The molecule has 2 aliphatic rings. The van der Waals surface area contributed by atoms with E-state index >= 15 is 0 Å². The van der Waals surface area contributed by atoms with Crippen molar-refractivity contribution in [1.82, 2.24) is 0 Å². The molecule has 0 amide bonds. The summed E-state index contributed by atoms with van der Waals surface area (Å²) in [6.45, 7) is 12.7. The van der Waals surface area contributed by atoms with Gasteiger partial charge in [-0.1, -0.05) is 39.3 Å². The predicted octanol–water partition coefficient (Wildman–Crippen LogP) is 5.22. The number of carbonyl (C=O) groups excluding carboxylic acids is 1. The van der Waals surface area contributed by atoms with Crippen LogP contribution in [0.4, 0.5) is 0 Å². The highest BCUT2D eigenvalue weighted by molar-refractivity contribution is 5.67. The Bertz CT molecular complexity index is 577. The lowest BCUT2D eigenvalue weighted by molar-refractivity contribution is -0.161. The first kappa shape index (κ1) is 21.0. The molecule has 2 aliphatic carbocycles. The van der Waals surface area contributed by atoms with Crippen LogP contribution in [0.3, 0.4) is 0 Å². The number of carbonyl (C=O) groups is 2. The Morgan fingerprint density at radius 2 is 1.96 bits per heavy atom. The number of ether oxygens (including phenoxy) is 1. The molecule has 2 rings (SSSR count). The fraction of sp³-hybridized carbons (Fsp3) is 0.818. The van der Waals surface area contributed by atoms with Crippen LogP contribution in [0, 0.1) is 28.6 Å². The molecule has 0 heterocycles. The fourth-order valence-corrected chi connectivity index (χ4v) is 5.99. The standard InChI is InChI=1S/C22H36O4/c1-14(11-20(24)25)7-9-18-15(2)8-10-19-21(4,5)12-17(26-16(3)23)13-22(18,19)6/h8,14,17-19H,7,9-13H2,1-6H3,(H,24,25)/t14-,17+,18-,19-,22+/m0/s1. The lowest BCUT2D eigenvalue weighted by Gasteiger charge is -2.58. The van der Waals surface area contributed by atoms with E-state index in [1.807, 2.05) is 6.92 Å². The second-order valence-electron chi connectivity index (χ2n) is 9.70. The third-order valence-corrected chi connectivity index (χ3v) is 6.99. The molecule has 0 aromatic rings. The van der Waals surface area contributed by atoms with Crippen molar-refractivity contribution in [3.63, 3.8) is 0 Å². The van der Waals surface area contributed by atoms with Crippen molar-refractivity contribution < 1.29 is 19.4 Å². The van der Waals surface area contributed by atoms with Gasteiger partial charge in [0.25, 0.3) is 0 Å². The molecule has 0 aliphatic heterocycles. The Hall–Kier alpha value is -1.32. The number of aliphatic carboxylic acids is 1. The molecular weight excluding hydrogens is 328 g/mol.